The normalized spacial score (nSPS) is 11.5. The van der Waals surface area contributed by atoms with Crippen molar-refractivity contribution in [1.29, 1.82) is 0 Å². The van der Waals surface area contributed by atoms with E-state index in [0.717, 1.165) is 12.3 Å². The Morgan fingerprint density at radius 3 is 2.53 bits per heavy atom. The zero-order valence-electron chi connectivity index (χ0n) is 9.51. The van der Waals surface area contributed by atoms with Gasteiger partial charge in [0, 0.05) is 12.1 Å². The monoisotopic (exact) mass is 227 g/mol. The first-order chi connectivity index (χ1) is 6.99. The molecular weight excluding hydrogens is 210 g/mol. The number of halogens is 1. The minimum atomic E-state index is 0.129. The van der Waals surface area contributed by atoms with Gasteiger partial charge in [0.15, 0.2) is 0 Å². The molecule has 0 aliphatic carbocycles. The third kappa shape index (κ3) is 5.05. The molecule has 0 bridgehead atoms. The molecule has 1 N–H and O–H groups in total. The van der Waals surface area contributed by atoms with Crippen LogP contribution in [-0.4, -0.2) is 18.7 Å². The van der Waals surface area contributed by atoms with Crippen molar-refractivity contribution in [2.75, 3.05) is 13.2 Å². The Bertz CT molecular complexity index is 307. The molecule has 0 saturated carbocycles. The number of ether oxygens (including phenoxy) is 1. The molecule has 15 heavy (non-hydrogen) atoms. The van der Waals surface area contributed by atoms with Gasteiger partial charge < -0.3 is 10.1 Å². The predicted molar refractivity (Wildman–Crippen MR) is 64.7 cm³/mol. The molecule has 1 rings (SSSR count). The van der Waals surface area contributed by atoms with E-state index in [9.17, 15) is 0 Å². The predicted octanol–water partition coefficient (Wildman–Crippen LogP) is 3.11. The van der Waals surface area contributed by atoms with Crippen LogP contribution in [0.5, 0.6) is 5.75 Å². The lowest BCUT2D eigenvalue weighted by Crippen LogP contribution is -2.38. The van der Waals surface area contributed by atoms with Crippen LogP contribution in [0.4, 0.5) is 0 Å². The van der Waals surface area contributed by atoms with Gasteiger partial charge in [-0.15, -0.1) is 0 Å². The summed E-state index contributed by atoms with van der Waals surface area (Å²) in [5, 5.41) is 4.00. The van der Waals surface area contributed by atoms with Crippen molar-refractivity contribution in [1.82, 2.24) is 5.32 Å². The van der Waals surface area contributed by atoms with Crippen molar-refractivity contribution < 1.29 is 4.74 Å². The van der Waals surface area contributed by atoms with Crippen LogP contribution in [0.15, 0.2) is 24.3 Å². The molecule has 0 unspecified atom stereocenters. The van der Waals surface area contributed by atoms with E-state index in [2.05, 4.69) is 26.1 Å². The van der Waals surface area contributed by atoms with Crippen LogP contribution in [0, 0.1) is 0 Å². The van der Waals surface area contributed by atoms with Crippen LogP contribution in [0.2, 0.25) is 5.02 Å². The Balaban J connectivity index is 2.30. The molecule has 0 aliphatic rings. The maximum Gasteiger partial charge on any atom is 0.137 e. The second-order valence-corrected chi connectivity index (χ2v) is 4.86. The lowest BCUT2D eigenvalue weighted by Gasteiger charge is -2.20. The summed E-state index contributed by atoms with van der Waals surface area (Å²) in [6.45, 7) is 7.82. The van der Waals surface area contributed by atoms with E-state index < -0.39 is 0 Å². The number of para-hydroxylation sites is 1. The molecule has 0 spiro atoms. The summed E-state index contributed by atoms with van der Waals surface area (Å²) in [5.74, 6) is 0.745. The Kier molecular flexibility index (Phi) is 4.43. The Morgan fingerprint density at radius 2 is 1.93 bits per heavy atom. The summed E-state index contributed by atoms with van der Waals surface area (Å²) in [7, 11) is 0. The minimum Gasteiger partial charge on any atom is -0.491 e. The maximum absolute atomic E-state index is 5.95. The fraction of sp³-hybridized carbons (Fsp3) is 0.500. The highest BCUT2D eigenvalue weighted by Gasteiger charge is 2.07. The summed E-state index contributed by atoms with van der Waals surface area (Å²) in [6.07, 6.45) is 0. The van der Waals surface area contributed by atoms with Gasteiger partial charge in [0.2, 0.25) is 0 Å². The van der Waals surface area contributed by atoms with Gasteiger partial charge in [-0.25, -0.2) is 0 Å². The van der Waals surface area contributed by atoms with E-state index >= 15 is 0 Å². The van der Waals surface area contributed by atoms with Crippen LogP contribution in [0.3, 0.4) is 0 Å². The van der Waals surface area contributed by atoms with E-state index in [-0.39, 0.29) is 5.54 Å². The summed E-state index contributed by atoms with van der Waals surface area (Å²) in [5.41, 5.74) is 0.129. The quantitative estimate of drug-likeness (QED) is 0.799. The molecule has 0 fully saturated rings. The van der Waals surface area contributed by atoms with E-state index in [0.29, 0.717) is 11.6 Å². The standard InChI is InChI=1S/C12H18ClNO/c1-12(2,3)14-8-9-15-11-7-5-4-6-10(11)13/h4-7,14H,8-9H2,1-3H3. The van der Waals surface area contributed by atoms with Gasteiger partial charge in [-0.3, -0.25) is 0 Å². The lowest BCUT2D eigenvalue weighted by molar-refractivity contribution is 0.291. The largest absolute Gasteiger partial charge is 0.491 e. The first kappa shape index (κ1) is 12.3. The zero-order valence-corrected chi connectivity index (χ0v) is 10.3. The second-order valence-electron chi connectivity index (χ2n) is 4.46. The Morgan fingerprint density at radius 1 is 1.27 bits per heavy atom. The average Bonchev–Trinajstić information content (AvgIpc) is 2.13. The molecule has 2 nitrogen and oxygen atoms in total. The van der Waals surface area contributed by atoms with Crippen molar-refractivity contribution >= 4 is 11.6 Å². The lowest BCUT2D eigenvalue weighted by atomic mass is 10.1. The van der Waals surface area contributed by atoms with Crippen molar-refractivity contribution in [2.45, 2.75) is 26.3 Å². The smallest absolute Gasteiger partial charge is 0.137 e. The van der Waals surface area contributed by atoms with Gasteiger partial charge in [-0.05, 0) is 32.9 Å². The van der Waals surface area contributed by atoms with Crippen molar-refractivity contribution in [3.8, 4) is 5.75 Å². The van der Waals surface area contributed by atoms with Crippen molar-refractivity contribution in [3.05, 3.63) is 29.3 Å². The summed E-state index contributed by atoms with van der Waals surface area (Å²) in [6, 6.07) is 7.51. The molecular formula is C12H18ClNO. The molecule has 84 valence electrons. The first-order valence-electron chi connectivity index (χ1n) is 5.11. The van der Waals surface area contributed by atoms with Gasteiger partial charge in [0.1, 0.15) is 12.4 Å². The molecule has 3 heteroatoms. The molecule has 0 amide bonds. The van der Waals surface area contributed by atoms with Gasteiger partial charge in [0.05, 0.1) is 5.02 Å². The Hall–Kier alpha value is -0.730. The molecule has 0 radical (unpaired) electrons. The number of rotatable bonds is 4. The molecule has 0 aliphatic heterocycles. The van der Waals surface area contributed by atoms with E-state index in [1.807, 2.05) is 24.3 Å². The second kappa shape index (κ2) is 5.38. The average molecular weight is 228 g/mol. The molecule has 1 aromatic rings. The van der Waals surface area contributed by atoms with Crippen molar-refractivity contribution in [2.24, 2.45) is 0 Å². The number of hydrogen-bond donors (Lipinski definition) is 1. The highest BCUT2D eigenvalue weighted by atomic mass is 35.5. The molecule has 0 heterocycles. The third-order valence-electron chi connectivity index (χ3n) is 1.85. The number of nitrogens with one attached hydrogen (secondary N) is 1. The SMILES string of the molecule is CC(C)(C)NCCOc1ccccc1Cl. The zero-order chi connectivity index (χ0) is 11.3. The molecule has 0 aromatic heterocycles. The molecule has 1 aromatic carbocycles. The first-order valence-corrected chi connectivity index (χ1v) is 5.49. The van der Waals surface area contributed by atoms with Crippen molar-refractivity contribution in [3.63, 3.8) is 0 Å². The fourth-order valence-corrected chi connectivity index (χ4v) is 1.34. The summed E-state index contributed by atoms with van der Waals surface area (Å²) >= 11 is 5.95. The van der Waals surface area contributed by atoms with E-state index in [4.69, 9.17) is 16.3 Å². The van der Waals surface area contributed by atoms with E-state index in [1.54, 1.807) is 0 Å². The van der Waals surface area contributed by atoms with Gasteiger partial charge >= 0.3 is 0 Å². The van der Waals surface area contributed by atoms with Crippen LogP contribution in [0.1, 0.15) is 20.8 Å². The van der Waals surface area contributed by atoms with Gasteiger partial charge in [0.25, 0.3) is 0 Å². The minimum absolute atomic E-state index is 0.129. The Labute approximate surface area is 96.6 Å². The van der Waals surface area contributed by atoms with Crippen LogP contribution in [-0.2, 0) is 0 Å². The fourth-order valence-electron chi connectivity index (χ4n) is 1.15. The van der Waals surface area contributed by atoms with Gasteiger partial charge in [-0.1, -0.05) is 23.7 Å². The highest BCUT2D eigenvalue weighted by Crippen LogP contribution is 2.22. The maximum atomic E-state index is 5.95. The topological polar surface area (TPSA) is 21.3 Å². The van der Waals surface area contributed by atoms with Crippen LogP contribution >= 0.6 is 11.6 Å². The van der Waals surface area contributed by atoms with Crippen LogP contribution in [0.25, 0.3) is 0 Å². The summed E-state index contributed by atoms with van der Waals surface area (Å²) < 4.78 is 5.54. The van der Waals surface area contributed by atoms with Gasteiger partial charge in [-0.2, -0.15) is 0 Å². The number of benzene rings is 1. The number of hydrogen-bond acceptors (Lipinski definition) is 2. The summed E-state index contributed by atoms with van der Waals surface area (Å²) in [4.78, 5) is 0. The molecule has 0 atom stereocenters. The van der Waals surface area contributed by atoms with Crippen LogP contribution < -0.4 is 10.1 Å². The third-order valence-corrected chi connectivity index (χ3v) is 2.16. The van der Waals surface area contributed by atoms with E-state index in [1.165, 1.54) is 0 Å². The highest BCUT2D eigenvalue weighted by molar-refractivity contribution is 6.32. The molecule has 0 saturated heterocycles.